The summed E-state index contributed by atoms with van der Waals surface area (Å²) in [5, 5.41) is 3.12. The molecule has 0 bridgehead atoms. The third-order valence-corrected chi connectivity index (χ3v) is 4.20. The van der Waals surface area contributed by atoms with Crippen LogP contribution in [0.1, 0.15) is 49.4 Å². The van der Waals surface area contributed by atoms with E-state index in [0.717, 1.165) is 28.9 Å². The van der Waals surface area contributed by atoms with Crippen LogP contribution in [0.2, 0.25) is 0 Å². The van der Waals surface area contributed by atoms with Crippen molar-refractivity contribution in [2.24, 2.45) is 0 Å². The summed E-state index contributed by atoms with van der Waals surface area (Å²) in [5.74, 6) is 0.721. The summed E-state index contributed by atoms with van der Waals surface area (Å²) >= 11 is 0. The number of amides is 1. The van der Waals surface area contributed by atoms with E-state index < -0.39 is 6.10 Å². The van der Waals surface area contributed by atoms with Gasteiger partial charge >= 0.3 is 0 Å². The summed E-state index contributed by atoms with van der Waals surface area (Å²) < 4.78 is 6.01. The van der Waals surface area contributed by atoms with Crippen molar-refractivity contribution in [3.8, 4) is 5.75 Å². The third-order valence-electron chi connectivity index (χ3n) is 4.20. The van der Waals surface area contributed by atoms with Crippen molar-refractivity contribution in [3.63, 3.8) is 0 Å². The van der Waals surface area contributed by atoms with E-state index in [2.05, 4.69) is 12.2 Å². The lowest BCUT2D eigenvalue weighted by Gasteiger charge is -2.23. The number of carbonyl (C=O) groups is 1. The summed E-state index contributed by atoms with van der Waals surface area (Å²) in [6.07, 6.45) is 0.989. The second-order valence-corrected chi connectivity index (χ2v) is 6.16. The fourth-order valence-electron chi connectivity index (χ4n) is 2.68. The van der Waals surface area contributed by atoms with Gasteiger partial charge in [-0.25, -0.2) is 0 Å². The maximum Gasteiger partial charge on any atom is 0.261 e. The summed E-state index contributed by atoms with van der Waals surface area (Å²) in [6.45, 7) is 8.07. The highest BCUT2D eigenvalue weighted by Crippen LogP contribution is 2.22. The molecule has 2 atom stereocenters. The van der Waals surface area contributed by atoms with Gasteiger partial charge in [0.25, 0.3) is 5.91 Å². The van der Waals surface area contributed by atoms with Gasteiger partial charge in [0, 0.05) is 0 Å². The topological polar surface area (TPSA) is 38.3 Å². The Morgan fingerprint density at radius 2 is 1.75 bits per heavy atom. The summed E-state index contributed by atoms with van der Waals surface area (Å²) in [7, 11) is 0. The molecule has 0 heterocycles. The fourth-order valence-corrected chi connectivity index (χ4v) is 2.68. The molecule has 128 valence electrons. The highest BCUT2D eigenvalue weighted by Gasteiger charge is 2.22. The number of hydrogen-bond acceptors (Lipinski definition) is 2. The second-order valence-electron chi connectivity index (χ2n) is 6.16. The maximum atomic E-state index is 12.7. The monoisotopic (exact) mass is 325 g/mol. The molecule has 2 aromatic carbocycles. The molecule has 2 aromatic rings. The lowest BCUT2D eigenvalue weighted by atomic mass is 10.0. The van der Waals surface area contributed by atoms with Crippen molar-refractivity contribution in [1.82, 2.24) is 5.32 Å². The van der Waals surface area contributed by atoms with E-state index in [0.29, 0.717) is 6.42 Å². The van der Waals surface area contributed by atoms with Crippen LogP contribution < -0.4 is 10.1 Å². The van der Waals surface area contributed by atoms with Crippen LogP contribution in [0, 0.1) is 13.8 Å². The molecular formula is C21H27NO2. The van der Waals surface area contributed by atoms with Crippen LogP contribution in [-0.4, -0.2) is 12.0 Å². The Morgan fingerprint density at radius 1 is 1.04 bits per heavy atom. The van der Waals surface area contributed by atoms with E-state index in [4.69, 9.17) is 4.74 Å². The Hall–Kier alpha value is -2.29. The zero-order valence-corrected chi connectivity index (χ0v) is 15.0. The molecule has 1 N–H and O–H groups in total. The van der Waals surface area contributed by atoms with E-state index in [1.807, 2.05) is 69.3 Å². The molecule has 0 aliphatic carbocycles. The second kappa shape index (κ2) is 8.53. The van der Waals surface area contributed by atoms with Crippen molar-refractivity contribution < 1.29 is 9.53 Å². The van der Waals surface area contributed by atoms with Gasteiger partial charge in [0.1, 0.15) is 5.75 Å². The van der Waals surface area contributed by atoms with Gasteiger partial charge in [-0.2, -0.15) is 0 Å². The number of benzene rings is 2. The van der Waals surface area contributed by atoms with Gasteiger partial charge in [0.05, 0.1) is 6.04 Å². The van der Waals surface area contributed by atoms with E-state index in [9.17, 15) is 4.79 Å². The highest BCUT2D eigenvalue weighted by atomic mass is 16.5. The van der Waals surface area contributed by atoms with Crippen LogP contribution in [0.15, 0.2) is 48.5 Å². The van der Waals surface area contributed by atoms with Gasteiger partial charge in [-0.05, 0) is 49.4 Å². The first-order valence-electron chi connectivity index (χ1n) is 8.64. The van der Waals surface area contributed by atoms with Gasteiger partial charge in [0.15, 0.2) is 6.10 Å². The molecule has 0 aromatic heterocycles. The van der Waals surface area contributed by atoms with Gasteiger partial charge in [-0.15, -0.1) is 0 Å². The number of nitrogens with one attached hydrogen (secondary N) is 1. The molecule has 1 amide bonds. The first kappa shape index (κ1) is 18.1. The number of aryl methyl sites for hydroxylation is 2. The van der Waals surface area contributed by atoms with Crippen LogP contribution >= 0.6 is 0 Å². The standard InChI is InChI=1S/C21H27NO2/c1-5-18(17-10-8-7-9-11-17)22-21(23)19(6-2)24-20-14-15(3)12-13-16(20)4/h7-14,18-19H,5-6H2,1-4H3,(H,22,23)/t18-,19-/m1/s1. The average molecular weight is 325 g/mol. The van der Waals surface area contributed by atoms with Gasteiger partial charge in [-0.1, -0.05) is 56.3 Å². The Labute approximate surface area is 145 Å². The summed E-state index contributed by atoms with van der Waals surface area (Å²) in [4.78, 5) is 12.7. The first-order valence-corrected chi connectivity index (χ1v) is 8.64. The molecule has 0 aliphatic heterocycles. The number of ether oxygens (including phenoxy) is 1. The van der Waals surface area contributed by atoms with Crippen molar-refractivity contribution in [3.05, 3.63) is 65.2 Å². The number of hydrogen-bond donors (Lipinski definition) is 1. The van der Waals surface area contributed by atoms with Gasteiger partial charge in [-0.3, -0.25) is 4.79 Å². The van der Waals surface area contributed by atoms with E-state index >= 15 is 0 Å². The minimum Gasteiger partial charge on any atom is -0.480 e. The molecule has 2 rings (SSSR count). The quantitative estimate of drug-likeness (QED) is 0.799. The Morgan fingerprint density at radius 3 is 2.38 bits per heavy atom. The van der Waals surface area contributed by atoms with Crippen LogP contribution in [0.25, 0.3) is 0 Å². The largest absolute Gasteiger partial charge is 0.480 e. The molecule has 0 radical (unpaired) electrons. The first-order chi connectivity index (χ1) is 11.5. The molecule has 0 unspecified atom stereocenters. The Balaban J connectivity index is 2.09. The minimum atomic E-state index is -0.483. The zero-order chi connectivity index (χ0) is 17.5. The van der Waals surface area contributed by atoms with E-state index in [1.165, 1.54) is 0 Å². The van der Waals surface area contributed by atoms with Crippen LogP contribution in [0.3, 0.4) is 0 Å². The smallest absolute Gasteiger partial charge is 0.261 e. The molecule has 0 saturated carbocycles. The number of rotatable bonds is 7. The Kier molecular flexibility index (Phi) is 6.42. The molecule has 0 aliphatic rings. The van der Waals surface area contributed by atoms with Gasteiger partial charge < -0.3 is 10.1 Å². The highest BCUT2D eigenvalue weighted by molar-refractivity contribution is 5.81. The zero-order valence-electron chi connectivity index (χ0n) is 15.0. The van der Waals surface area contributed by atoms with Crippen LogP contribution in [0.5, 0.6) is 5.75 Å². The SMILES string of the molecule is CC[C@@H](Oc1cc(C)ccc1C)C(=O)N[C@H](CC)c1ccccc1. The van der Waals surface area contributed by atoms with Crippen LogP contribution in [0.4, 0.5) is 0 Å². The summed E-state index contributed by atoms with van der Waals surface area (Å²) in [5.41, 5.74) is 3.29. The molecule has 0 saturated heterocycles. The maximum absolute atomic E-state index is 12.7. The molecule has 24 heavy (non-hydrogen) atoms. The van der Waals surface area contributed by atoms with Crippen molar-refractivity contribution in [2.45, 2.75) is 52.7 Å². The van der Waals surface area contributed by atoms with Crippen LogP contribution in [-0.2, 0) is 4.79 Å². The molecule has 0 spiro atoms. The van der Waals surface area contributed by atoms with E-state index in [-0.39, 0.29) is 11.9 Å². The predicted molar refractivity (Wildman–Crippen MR) is 98.2 cm³/mol. The lowest BCUT2D eigenvalue weighted by Crippen LogP contribution is -2.40. The molecule has 0 fully saturated rings. The van der Waals surface area contributed by atoms with Gasteiger partial charge in [0.2, 0.25) is 0 Å². The van der Waals surface area contributed by atoms with E-state index in [1.54, 1.807) is 0 Å². The normalized spacial score (nSPS) is 13.2. The van der Waals surface area contributed by atoms with Crippen molar-refractivity contribution in [1.29, 1.82) is 0 Å². The van der Waals surface area contributed by atoms with Crippen molar-refractivity contribution >= 4 is 5.91 Å². The summed E-state index contributed by atoms with van der Waals surface area (Å²) in [6, 6.07) is 16.1. The molecule has 3 nitrogen and oxygen atoms in total. The number of carbonyl (C=O) groups excluding carboxylic acids is 1. The predicted octanol–water partition coefficient (Wildman–Crippen LogP) is 4.73. The molecular weight excluding hydrogens is 298 g/mol. The lowest BCUT2D eigenvalue weighted by molar-refractivity contribution is -0.129. The average Bonchev–Trinajstić information content (AvgIpc) is 2.60. The molecule has 3 heteroatoms. The van der Waals surface area contributed by atoms with Crippen molar-refractivity contribution in [2.75, 3.05) is 0 Å². The Bertz CT molecular complexity index is 667. The third kappa shape index (κ3) is 4.60. The fraction of sp³-hybridized carbons (Fsp3) is 0.381. The minimum absolute atomic E-state index is 0.00922.